The lowest BCUT2D eigenvalue weighted by molar-refractivity contribution is 0.0643. The zero-order valence-corrected chi connectivity index (χ0v) is 11.4. The third-order valence-electron chi connectivity index (χ3n) is 4.76. The third-order valence-corrected chi connectivity index (χ3v) is 4.76. The molecule has 1 N–H and O–H groups in total. The Balaban J connectivity index is 1.63. The van der Waals surface area contributed by atoms with Gasteiger partial charge in [-0.15, -0.1) is 0 Å². The van der Waals surface area contributed by atoms with Crippen LogP contribution >= 0.6 is 0 Å². The summed E-state index contributed by atoms with van der Waals surface area (Å²) < 4.78 is 0. The molecular formula is C18H19NO. The molecule has 1 aliphatic heterocycles. The van der Waals surface area contributed by atoms with Crippen molar-refractivity contribution in [2.75, 3.05) is 6.54 Å². The number of rotatable bonds is 3. The van der Waals surface area contributed by atoms with Crippen LogP contribution in [0.2, 0.25) is 0 Å². The van der Waals surface area contributed by atoms with Gasteiger partial charge in [0, 0.05) is 19.0 Å². The highest BCUT2D eigenvalue weighted by Crippen LogP contribution is 2.60. The molecule has 0 spiro atoms. The Morgan fingerprint density at radius 2 is 1.65 bits per heavy atom. The number of hydrogen-bond acceptors (Lipinski definition) is 2. The molecule has 2 fully saturated rings. The molecule has 4 rings (SSSR count). The summed E-state index contributed by atoms with van der Waals surface area (Å²) in [5.74, 6) is 0.455. The van der Waals surface area contributed by atoms with Crippen molar-refractivity contribution in [2.24, 2.45) is 5.92 Å². The van der Waals surface area contributed by atoms with Gasteiger partial charge in [-0.1, -0.05) is 60.7 Å². The summed E-state index contributed by atoms with van der Waals surface area (Å²) in [6.07, 6.45) is 0.956. The van der Waals surface area contributed by atoms with E-state index in [4.69, 9.17) is 0 Å². The molecule has 0 radical (unpaired) electrons. The second kappa shape index (κ2) is 4.44. The molecule has 1 aliphatic carbocycles. The van der Waals surface area contributed by atoms with Gasteiger partial charge < -0.3 is 5.11 Å². The molecule has 2 aliphatic rings. The standard InChI is InChI=1S/C18H19NO/c20-18-11-16(18)13-19(12-14-7-3-1-4-8-14)17(18)15-9-5-2-6-10-15/h1-10,16-17,20H,11-13H2/t16?,17-,18+/m0/s1. The lowest BCUT2D eigenvalue weighted by Gasteiger charge is -2.30. The fourth-order valence-corrected chi connectivity index (χ4v) is 3.71. The molecule has 1 saturated carbocycles. The van der Waals surface area contributed by atoms with E-state index in [1.165, 1.54) is 11.1 Å². The van der Waals surface area contributed by atoms with Gasteiger partial charge in [-0.2, -0.15) is 0 Å². The average molecular weight is 265 g/mol. The van der Waals surface area contributed by atoms with E-state index in [1.807, 2.05) is 12.1 Å². The lowest BCUT2D eigenvalue weighted by atomic mass is 9.99. The van der Waals surface area contributed by atoms with Gasteiger partial charge in [-0.25, -0.2) is 0 Å². The van der Waals surface area contributed by atoms with Gasteiger partial charge in [0.15, 0.2) is 0 Å². The second-order valence-corrected chi connectivity index (χ2v) is 6.12. The number of piperidine rings is 1. The van der Waals surface area contributed by atoms with E-state index < -0.39 is 5.60 Å². The van der Waals surface area contributed by atoms with Crippen molar-refractivity contribution < 1.29 is 5.11 Å². The highest BCUT2D eigenvalue weighted by atomic mass is 16.3. The zero-order chi connectivity index (χ0) is 13.6. The van der Waals surface area contributed by atoms with Crippen molar-refractivity contribution in [3.8, 4) is 0 Å². The van der Waals surface area contributed by atoms with E-state index in [2.05, 4.69) is 53.4 Å². The Morgan fingerprint density at radius 1 is 1.00 bits per heavy atom. The van der Waals surface area contributed by atoms with Crippen LogP contribution in [0, 0.1) is 5.92 Å². The Morgan fingerprint density at radius 3 is 2.35 bits per heavy atom. The Kier molecular flexibility index (Phi) is 2.69. The van der Waals surface area contributed by atoms with Crippen LogP contribution in [0.3, 0.4) is 0 Å². The number of benzene rings is 2. The molecule has 1 unspecified atom stereocenters. The van der Waals surface area contributed by atoms with Crippen LogP contribution in [-0.4, -0.2) is 22.2 Å². The monoisotopic (exact) mass is 265 g/mol. The normalized spacial score (nSPS) is 32.0. The van der Waals surface area contributed by atoms with Crippen LogP contribution in [0.1, 0.15) is 23.6 Å². The van der Waals surface area contributed by atoms with Crippen LogP contribution in [0.15, 0.2) is 60.7 Å². The summed E-state index contributed by atoms with van der Waals surface area (Å²) in [6, 6.07) is 21.1. The van der Waals surface area contributed by atoms with E-state index in [0.717, 1.165) is 19.5 Å². The van der Waals surface area contributed by atoms with Crippen LogP contribution < -0.4 is 0 Å². The van der Waals surface area contributed by atoms with Crippen molar-refractivity contribution >= 4 is 0 Å². The number of hydrogen-bond donors (Lipinski definition) is 1. The number of aliphatic hydroxyl groups is 1. The summed E-state index contributed by atoms with van der Waals surface area (Å²) in [6.45, 7) is 1.92. The van der Waals surface area contributed by atoms with Crippen molar-refractivity contribution in [3.63, 3.8) is 0 Å². The molecule has 2 aromatic rings. The van der Waals surface area contributed by atoms with Crippen molar-refractivity contribution in [1.82, 2.24) is 4.90 Å². The molecule has 2 nitrogen and oxygen atoms in total. The van der Waals surface area contributed by atoms with Crippen LogP contribution in [0.4, 0.5) is 0 Å². The van der Waals surface area contributed by atoms with Crippen molar-refractivity contribution in [1.29, 1.82) is 0 Å². The Bertz CT molecular complexity index is 597. The highest BCUT2D eigenvalue weighted by Gasteiger charge is 2.65. The fraction of sp³-hybridized carbons (Fsp3) is 0.333. The minimum absolute atomic E-state index is 0.147. The molecule has 3 atom stereocenters. The van der Waals surface area contributed by atoms with Gasteiger partial charge in [-0.05, 0) is 17.5 Å². The van der Waals surface area contributed by atoms with E-state index in [1.54, 1.807) is 0 Å². The van der Waals surface area contributed by atoms with E-state index in [9.17, 15) is 5.11 Å². The summed E-state index contributed by atoms with van der Waals surface area (Å²) in [5.41, 5.74) is 2.07. The van der Waals surface area contributed by atoms with Crippen LogP contribution in [-0.2, 0) is 6.54 Å². The van der Waals surface area contributed by atoms with Crippen molar-refractivity contribution in [2.45, 2.75) is 24.6 Å². The fourth-order valence-electron chi connectivity index (χ4n) is 3.71. The first-order valence-electron chi connectivity index (χ1n) is 7.33. The highest BCUT2D eigenvalue weighted by molar-refractivity contribution is 5.31. The van der Waals surface area contributed by atoms with E-state index >= 15 is 0 Å². The first-order valence-corrected chi connectivity index (χ1v) is 7.33. The number of nitrogens with zero attached hydrogens (tertiary/aromatic N) is 1. The maximum absolute atomic E-state index is 10.8. The van der Waals surface area contributed by atoms with Gasteiger partial charge in [0.2, 0.25) is 0 Å². The SMILES string of the molecule is O[C@]12CC1CN(Cc1ccccc1)[C@H]2c1ccccc1. The summed E-state index contributed by atoms with van der Waals surface area (Å²) in [5, 5.41) is 10.8. The predicted octanol–water partition coefficient (Wildman–Crippen LogP) is 2.99. The van der Waals surface area contributed by atoms with E-state index in [0.29, 0.717) is 5.92 Å². The molecule has 20 heavy (non-hydrogen) atoms. The average Bonchev–Trinajstić information content (AvgIpc) is 3.03. The van der Waals surface area contributed by atoms with Gasteiger partial charge in [-0.3, -0.25) is 4.90 Å². The maximum atomic E-state index is 10.8. The Labute approximate surface area is 119 Å². The summed E-state index contributed by atoms with van der Waals surface area (Å²) >= 11 is 0. The lowest BCUT2D eigenvalue weighted by Crippen LogP contribution is -2.31. The van der Waals surface area contributed by atoms with Gasteiger partial charge in [0.25, 0.3) is 0 Å². The summed E-state index contributed by atoms with van der Waals surface area (Å²) in [4.78, 5) is 2.43. The molecule has 2 aromatic carbocycles. The molecular weight excluding hydrogens is 246 g/mol. The van der Waals surface area contributed by atoms with Gasteiger partial charge in [0.05, 0.1) is 11.6 Å². The molecule has 0 aromatic heterocycles. The zero-order valence-electron chi connectivity index (χ0n) is 11.4. The van der Waals surface area contributed by atoms with E-state index in [-0.39, 0.29) is 6.04 Å². The first-order chi connectivity index (χ1) is 9.77. The molecule has 0 amide bonds. The molecule has 0 bridgehead atoms. The largest absolute Gasteiger partial charge is 0.388 e. The predicted molar refractivity (Wildman–Crippen MR) is 79.1 cm³/mol. The quantitative estimate of drug-likeness (QED) is 0.922. The minimum Gasteiger partial charge on any atom is -0.388 e. The van der Waals surface area contributed by atoms with Gasteiger partial charge in [0.1, 0.15) is 0 Å². The smallest absolute Gasteiger partial charge is 0.0889 e. The maximum Gasteiger partial charge on any atom is 0.0889 e. The van der Waals surface area contributed by atoms with Crippen LogP contribution in [0.5, 0.6) is 0 Å². The molecule has 1 saturated heterocycles. The minimum atomic E-state index is -0.490. The molecule has 2 heteroatoms. The second-order valence-electron chi connectivity index (χ2n) is 6.12. The Hall–Kier alpha value is -1.64. The van der Waals surface area contributed by atoms with Crippen molar-refractivity contribution in [3.05, 3.63) is 71.8 Å². The molecule has 102 valence electrons. The summed E-state index contributed by atoms with van der Waals surface area (Å²) in [7, 11) is 0. The first kappa shape index (κ1) is 12.1. The number of likely N-dealkylation sites (tertiary alicyclic amines) is 1. The number of fused-ring (bicyclic) bond motifs is 1. The molecule has 1 heterocycles. The van der Waals surface area contributed by atoms with Crippen LogP contribution in [0.25, 0.3) is 0 Å². The van der Waals surface area contributed by atoms with Gasteiger partial charge >= 0.3 is 0 Å². The third kappa shape index (κ3) is 1.88. The topological polar surface area (TPSA) is 23.5 Å².